The van der Waals surface area contributed by atoms with Gasteiger partial charge in [0.25, 0.3) is 0 Å². The lowest BCUT2D eigenvalue weighted by Crippen LogP contribution is -2.07. The number of rotatable bonds is 5. The third-order valence-corrected chi connectivity index (χ3v) is 2.20. The summed E-state index contributed by atoms with van der Waals surface area (Å²) in [4.78, 5) is 23.0. The first kappa shape index (κ1) is 12.1. The molecule has 0 fully saturated rings. The predicted octanol–water partition coefficient (Wildman–Crippen LogP) is 2.50. The average Bonchev–Trinajstić information content (AvgIpc) is 2.29. The van der Waals surface area contributed by atoms with Gasteiger partial charge in [-0.2, -0.15) is 5.26 Å². The Balaban J connectivity index is 2.73. The zero-order valence-corrected chi connectivity index (χ0v) is 9.19. The van der Waals surface area contributed by atoms with Crippen LogP contribution in [-0.2, 0) is 4.79 Å². The van der Waals surface area contributed by atoms with E-state index in [4.69, 9.17) is 5.26 Å². The smallest absolute Gasteiger partial charge is 0.170 e. The second-order valence-electron chi connectivity index (χ2n) is 3.58. The van der Waals surface area contributed by atoms with Gasteiger partial charge in [0, 0.05) is 12.0 Å². The standard InChI is InChI=1S/C13H13NO2/c1-2-4-12(15)8-13(16)11-6-3-5-10(7-11)9-14/h3,5-7H,2,4,8H2,1H3. The van der Waals surface area contributed by atoms with Gasteiger partial charge in [-0.05, 0) is 18.6 Å². The third kappa shape index (κ3) is 3.32. The maximum absolute atomic E-state index is 11.7. The summed E-state index contributed by atoms with van der Waals surface area (Å²) in [6.45, 7) is 1.90. The van der Waals surface area contributed by atoms with E-state index in [0.717, 1.165) is 6.42 Å². The quantitative estimate of drug-likeness (QED) is 0.560. The number of hydrogen-bond acceptors (Lipinski definition) is 3. The SMILES string of the molecule is CCCC(=O)CC(=O)c1cccc(C#N)c1. The molecular formula is C13H13NO2. The van der Waals surface area contributed by atoms with E-state index in [1.54, 1.807) is 18.2 Å². The third-order valence-electron chi connectivity index (χ3n) is 2.20. The van der Waals surface area contributed by atoms with Crippen LogP contribution in [0.4, 0.5) is 0 Å². The topological polar surface area (TPSA) is 57.9 Å². The molecule has 0 aliphatic heterocycles. The minimum atomic E-state index is -0.212. The molecule has 0 radical (unpaired) electrons. The van der Waals surface area contributed by atoms with Crippen molar-refractivity contribution in [2.24, 2.45) is 0 Å². The number of carbonyl (C=O) groups is 2. The van der Waals surface area contributed by atoms with Gasteiger partial charge in [-0.3, -0.25) is 9.59 Å². The van der Waals surface area contributed by atoms with Gasteiger partial charge in [0.05, 0.1) is 18.1 Å². The lowest BCUT2D eigenvalue weighted by atomic mass is 10.0. The molecule has 1 aromatic rings. The Morgan fingerprint density at radius 2 is 2.12 bits per heavy atom. The normalized spacial score (nSPS) is 9.50. The van der Waals surface area contributed by atoms with Crippen molar-refractivity contribution in [3.63, 3.8) is 0 Å². The second kappa shape index (κ2) is 5.82. The monoisotopic (exact) mass is 215 g/mol. The highest BCUT2D eigenvalue weighted by Gasteiger charge is 2.11. The maximum atomic E-state index is 11.7. The molecule has 0 aliphatic carbocycles. The number of nitriles is 1. The second-order valence-corrected chi connectivity index (χ2v) is 3.58. The van der Waals surface area contributed by atoms with Gasteiger partial charge in [0.15, 0.2) is 5.78 Å². The molecule has 0 unspecified atom stereocenters. The Labute approximate surface area is 94.7 Å². The molecule has 0 atom stereocenters. The number of carbonyl (C=O) groups excluding carboxylic acids is 2. The summed E-state index contributed by atoms with van der Waals surface area (Å²) in [6, 6.07) is 8.38. The van der Waals surface area contributed by atoms with Gasteiger partial charge >= 0.3 is 0 Å². The van der Waals surface area contributed by atoms with Crippen molar-refractivity contribution >= 4 is 11.6 Å². The molecule has 0 heterocycles. The van der Waals surface area contributed by atoms with E-state index in [2.05, 4.69) is 0 Å². The molecule has 0 N–H and O–H groups in total. The molecule has 1 aromatic carbocycles. The zero-order chi connectivity index (χ0) is 12.0. The van der Waals surface area contributed by atoms with Gasteiger partial charge in [0.1, 0.15) is 5.78 Å². The van der Waals surface area contributed by atoms with E-state index in [1.807, 2.05) is 13.0 Å². The molecule has 0 saturated carbocycles. The largest absolute Gasteiger partial charge is 0.299 e. The zero-order valence-electron chi connectivity index (χ0n) is 9.19. The lowest BCUT2D eigenvalue weighted by molar-refractivity contribution is -0.118. The van der Waals surface area contributed by atoms with Crippen LogP contribution in [0.25, 0.3) is 0 Å². The van der Waals surface area contributed by atoms with Crippen molar-refractivity contribution in [2.45, 2.75) is 26.2 Å². The van der Waals surface area contributed by atoms with Crippen LogP contribution in [0, 0.1) is 11.3 Å². The van der Waals surface area contributed by atoms with Gasteiger partial charge in [0.2, 0.25) is 0 Å². The highest BCUT2D eigenvalue weighted by Crippen LogP contribution is 2.08. The molecular weight excluding hydrogens is 202 g/mol. The van der Waals surface area contributed by atoms with Crippen LogP contribution in [0.3, 0.4) is 0 Å². The number of hydrogen-bond donors (Lipinski definition) is 0. The number of nitrogens with zero attached hydrogens (tertiary/aromatic N) is 1. The van der Waals surface area contributed by atoms with Crippen LogP contribution in [-0.4, -0.2) is 11.6 Å². The van der Waals surface area contributed by atoms with Crippen molar-refractivity contribution in [1.82, 2.24) is 0 Å². The molecule has 1 rings (SSSR count). The molecule has 82 valence electrons. The van der Waals surface area contributed by atoms with Crippen LogP contribution in [0.5, 0.6) is 0 Å². The van der Waals surface area contributed by atoms with Gasteiger partial charge in [-0.1, -0.05) is 19.1 Å². The molecule has 0 spiro atoms. The summed E-state index contributed by atoms with van der Waals surface area (Å²) in [5.41, 5.74) is 0.872. The van der Waals surface area contributed by atoms with Crippen molar-refractivity contribution < 1.29 is 9.59 Å². The first-order valence-corrected chi connectivity index (χ1v) is 5.22. The van der Waals surface area contributed by atoms with E-state index >= 15 is 0 Å². The van der Waals surface area contributed by atoms with Crippen LogP contribution in [0.15, 0.2) is 24.3 Å². The summed E-state index contributed by atoms with van der Waals surface area (Å²) in [5.74, 6) is -0.259. The van der Waals surface area contributed by atoms with Crippen LogP contribution < -0.4 is 0 Å². The van der Waals surface area contributed by atoms with Crippen molar-refractivity contribution in [2.75, 3.05) is 0 Å². The molecule has 0 saturated heterocycles. The Morgan fingerprint density at radius 3 is 2.75 bits per heavy atom. The highest BCUT2D eigenvalue weighted by molar-refractivity contribution is 6.08. The Hall–Kier alpha value is -1.95. The van der Waals surface area contributed by atoms with Crippen LogP contribution in [0.2, 0.25) is 0 Å². The minimum Gasteiger partial charge on any atom is -0.299 e. The molecule has 16 heavy (non-hydrogen) atoms. The molecule has 0 aromatic heterocycles. The summed E-state index contributed by atoms with van der Waals surface area (Å²) >= 11 is 0. The van der Waals surface area contributed by atoms with Crippen molar-refractivity contribution in [3.8, 4) is 6.07 Å². The van der Waals surface area contributed by atoms with E-state index in [9.17, 15) is 9.59 Å². The van der Waals surface area contributed by atoms with Gasteiger partial charge in [-0.15, -0.1) is 0 Å². The fourth-order valence-electron chi connectivity index (χ4n) is 1.41. The molecule has 0 bridgehead atoms. The van der Waals surface area contributed by atoms with Crippen LogP contribution in [0.1, 0.15) is 42.1 Å². The first-order valence-electron chi connectivity index (χ1n) is 5.22. The van der Waals surface area contributed by atoms with Crippen LogP contribution >= 0.6 is 0 Å². The van der Waals surface area contributed by atoms with Crippen molar-refractivity contribution in [1.29, 1.82) is 5.26 Å². The summed E-state index contributed by atoms with van der Waals surface area (Å²) in [6.07, 6.45) is 1.12. The van der Waals surface area contributed by atoms with E-state index in [-0.39, 0.29) is 18.0 Å². The maximum Gasteiger partial charge on any atom is 0.170 e. The summed E-state index contributed by atoms with van der Waals surface area (Å²) in [5, 5.41) is 8.68. The van der Waals surface area contributed by atoms with Gasteiger partial charge < -0.3 is 0 Å². The predicted molar refractivity (Wildman–Crippen MR) is 60.0 cm³/mol. The molecule has 3 heteroatoms. The molecule has 0 amide bonds. The number of Topliss-reactive ketones (excluding diaryl/α,β-unsaturated/α-hetero) is 2. The fraction of sp³-hybridized carbons (Fsp3) is 0.308. The number of benzene rings is 1. The van der Waals surface area contributed by atoms with Gasteiger partial charge in [-0.25, -0.2) is 0 Å². The van der Waals surface area contributed by atoms with Crippen molar-refractivity contribution in [3.05, 3.63) is 35.4 Å². The highest BCUT2D eigenvalue weighted by atomic mass is 16.1. The van der Waals surface area contributed by atoms with E-state index in [1.165, 1.54) is 6.07 Å². The molecule has 3 nitrogen and oxygen atoms in total. The first-order chi connectivity index (χ1) is 7.67. The number of ketones is 2. The van der Waals surface area contributed by atoms with E-state index in [0.29, 0.717) is 17.5 Å². The average molecular weight is 215 g/mol. The van der Waals surface area contributed by atoms with E-state index < -0.39 is 0 Å². The Morgan fingerprint density at radius 1 is 1.38 bits per heavy atom. The Kier molecular flexibility index (Phi) is 4.41. The Bertz CT molecular complexity index is 443. The fourth-order valence-corrected chi connectivity index (χ4v) is 1.41. The lowest BCUT2D eigenvalue weighted by Gasteiger charge is -2.00. The summed E-state index contributed by atoms with van der Waals surface area (Å²) < 4.78 is 0. The molecule has 0 aliphatic rings. The minimum absolute atomic E-state index is 0.0464. The summed E-state index contributed by atoms with van der Waals surface area (Å²) in [7, 11) is 0.